The van der Waals surface area contributed by atoms with Crippen molar-refractivity contribution in [3.63, 3.8) is 0 Å². The first-order valence-corrected chi connectivity index (χ1v) is 8.07. The Labute approximate surface area is 144 Å². The third-order valence-corrected chi connectivity index (χ3v) is 4.64. The Kier molecular flexibility index (Phi) is 4.73. The maximum absolute atomic E-state index is 13.6. The minimum absolute atomic E-state index is 0.0953. The summed E-state index contributed by atoms with van der Waals surface area (Å²) in [5.41, 5.74) is 0.217. The quantitative estimate of drug-likeness (QED) is 0.780. The Morgan fingerprint density at radius 3 is 2.64 bits per heavy atom. The fourth-order valence-corrected chi connectivity index (χ4v) is 3.18. The van der Waals surface area contributed by atoms with Gasteiger partial charge in [-0.1, -0.05) is 6.07 Å². The zero-order chi connectivity index (χ0) is 18.2. The molecule has 1 aromatic rings. The number of hydrogen-bond acceptors (Lipinski definition) is 5. The molecule has 8 heteroatoms. The molecule has 0 spiro atoms. The second-order valence-electron chi connectivity index (χ2n) is 6.51. The fraction of sp³-hybridized carbons (Fsp3) is 0.529. The number of halogens is 3. The van der Waals surface area contributed by atoms with E-state index in [0.717, 1.165) is 12.5 Å². The van der Waals surface area contributed by atoms with Gasteiger partial charge in [0.2, 0.25) is 0 Å². The second-order valence-corrected chi connectivity index (χ2v) is 6.51. The number of cyclic esters (lactones) is 1. The lowest BCUT2D eigenvalue weighted by Gasteiger charge is -2.25. The number of aliphatic imine (C=N–C) groups is 1. The molecule has 2 aliphatic rings. The van der Waals surface area contributed by atoms with Gasteiger partial charge in [0.25, 0.3) is 0 Å². The number of esters is 1. The van der Waals surface area contributed by atoms with Crippen LogP contribution in [0.3, 0.4) is 0 Å². The molecular weight excluding hydrogens is 335 g/mol. The van der Waals surface area contributed by atoms with E-state index in [-0.39, 0.29) is 24.9 Å². The number of rotatable bonds is 3. The zero-order valence-electron chi connectivity index (χ0n) is 14.1. The number of anilines is 1. The van der Waals surface area contributed by atoms with Gasteiger partial charge in [-0.15, -0.1) is 0 Å². The Balaban J connectivity index is 1.93. The predicted molar refractivity (Wildman–Crippen MR) is 88.1 cm³/mol. The molecule has 0 aromatic heterocycles. The molecule has 1 aromatic carbocycles. The van der Waals surface area contributed by atoms with Crippen molar-refractivity contribution in [1.29, 1.82) is 0 Å². The topological polar surface area (TPSA) is 45.1 Å². The number of carbonyl (C=O) groups excluding carboxylic acids is 1. The van der Waals surface area contributed by atoms with Crippen molar-refractivity contribution in [1.82, 2.24) is 4.90 Å². The number of likely N-dealkylation sites (N-methyl/N-ethyl adjacent to an activating group) is 1. The van der Waals surface area contributed by atoms with Crippen molar-refractivity contribution in [2.75, 3.05) is 45.2 Å². The molecule has 0 amide bonds. The van der Waals surface area contributed by atoms with Gasteiger partial charge in [-0.05, 0) is 38.2 Å². The number of alkyl halides is 3. The van der Waals surface area contributed by atoms with Crippen molar-refractivity contribution in [2.24, 2.45) is 4.99 Å². The molecule has 1 atom stereocenters. The monoisotopic (exact) mass is 355 g/mol. The molecule has 136 valence electrons. The van der Waals surface area contributed by atoms with Crippen LogP contribution in [0.4, 0.5) is 18.9 Å². The highest BCUT2D eigenvalue weighted by atomic mass is 19.4. The van der Waals surface area contributed by atoms with Crippen LogP contribution in [0.2, 0.25) is 0 Å². The average molecular weight is 355 g/mol. The second kappa shape index (κ2) is 6.67. The van der Waals surface area contributed by atoms with E-state index in [0.29, 0.717) is 24.4 Å². The van der Waals surface area contributed by atoms with Crippen molar-refractivity contribution in [3.8, 4) is 0 Å². The van der Waals surface area contributed by atoms with Gasteiger partial charge < -0.3 is 14.5 Å². The highest BCUT2D eigenvalue weighted by molar-refractivity contribution is 6.04. The highest BCUT2D eigenvalue weighted by Gasteiger charge is 2.37. The molecule has 3 rings (SSSR count). The summed E-state index contributed by atoms with van der Waals surface area (Å²) in [5.74, 6) is -0.469. The summed E-state index contributed by atoms with van der Waals surface area (Å²) in [4.78, 5) is 18.9. The Morgan fingerprint density at radius 1 is 1.32 bits per heavy atom. The Bertz CT molecular complexity index is 701. The number of benzene rings is 1. The Hall–Kier alpha value is -2.09. The van der Waals surface area contributed by atoms with E-state index in [1.165, 1.54) is 6.07 Å². The van der Waals surface area contributed by atoms with E-state index in [9.17, 15) is 18.0 Å². The van der Waals surface area contributed by atoms with Crippen LogP contribution in [0.1, 0.15) is 17.5 Å². The normalized spacial score (nSPS) is 21.5. The summed E-state index contributed by atoms with van der Waals surface area (Å²) in [5, 5.41) is 0. The van der Waals surface area contributed by atoms with Crippen molar-refractivity contribution in [2.45, 2.75) is 18.6 Å². The van der Waals surface area contributed by atoms with E-state index in [1.807, 2.05) is 19.0 Å². The first-order chi connectivity index (χ1) is 11.8. The van der Waals surface area contributed by atoms with Gasteiger partial charge in [0.05, 0.1) is 11.3 Å². The predicted octanol–water partition coefficient (Wildman–Crippen LogP) is 2.19. The van der Waals surface area contributed by atoms with Crippen LogP contribution in [0.5, 0.6) is 0 Å². The molecule has 1 fully saturated rings. The molecule has 0 N–H and O–H groups in total. The molecule has 0 saturated carbocycles. The molecule has 25 heavy (non-hydrogen) atoms. The van der Waals surface area contributed by atoms with Gasteiger partial charge in [0, 0.05) is 24.8 Å². The first-order valence-electron chi connectivity index (χ1n) is 8.07. The summed E-state index contributed by atoms with van der Waals surface area (Å²) >= 11 is 0. The third kappa shape index (κ3) is 3.78. The molecule has 2 aliphatic heterocycles. The summed E-state index contributed by atoms with van der Waals surface area (Å²) in [6.45, 7) is 0.898. The van der Waals surface area contributed by atoms with E-state index < -0.39 is 17.7 Å². The van der Waals surface area contributed by atoms with Gasteiger partial charge in [-0.3, -0.25) is 9.79 Å². The van der Waals surface area contributed by atoms with E-state index in [1.54, 1.807) is 11.0 Å². The SMILES string of the molecule is CN(C)C1CCN(c2ccc(C3=NCC(=O)OC3)cc2C(F)(F)F)C1. The number of hydrogen-bond donors (Lipinski definition) is 0. The Morgan fingerprint density at radius 2 is 2.08 bits per heavy atom. The minimum atomic E-state index is -4.46. The standard InChI is InChI=1S/C17H20F3N3O2/c1-22(2)12-5-6-23(9-12)15-4-3-11(7-13(15)17(18,19)20)14-10-25-16(24)8-21-14/h3-4,7,12H,5-6,8-10H2,1-2H3. The van der Waals surface area contributed by atoms with Gasteiger partial charge in [-0.2, -0.15) is 13.2 Å². The number of ether oxygens (including phenoxy) is 1. The zero-order valence-corrected chi connectivity index (χ0v) is 14.1. The van der Waals surface area contributed by atoms with Crippen LogP contribution < -0.4 is 4.90 Å². The van der Waals surface area contributed by atoms with E-state index >= 15 is 0 Å². The molecule has 0 bridgehead atoms. The maximum Gasteiger partial charge on any atom is 0.418 e. The van der Waals surface area contributed by atoms with E-state index in [2.05, 4.69) is 4.99 Å². The molecule has 0 radical (unpaired) electrons. The van der Waals surface area contributed by atoms with Crippen LogP contribution in [-0.2, 0) is 15.7 Å². The van der Waals surface area contributed by atoms with Gasteiger partial charge in [0.1, 0.15) is 13.2 Å². The smallest absolute Gasteiger partial charge is 0.418 e. The van der Waals surface area contributed by atoms with Crippen molar-refractivity contribution < 1.29 is 22.7 Å². The van der Waals surface area contributed by atoms with Gasteiger partial charge in [0.15, 0.2) is 0 Å². The van der Waals surface area contributed by atoms with Crippen molar-refractivity contribution >= 4 is 17.4 Å². The highest BCUT2D eigenvalue weighted by Crippen LogP contribution is 2.38. The summed E-state index contributed by atoms with van der Waals surface area (Å²) < 4.78 is 45.7. The molecule has 2 heterocycles. The van der Waals surface area contributed by atoms with Gasteiger partial charge >= 0.3 is 12.1 Å². The average Bonchev–Trinajstić information content (AvgIpc) is 3.04. The maximum atomic E-state index is 13.6. The lowest BCUT2D eigenvalue weighted by molar-refractivity contribution is -0.141. The molecule has 5 nitrogen and oxygen atoms in total. The van der Waals surface area contributed by atoms with Crippen LogP contribution in [0.15, 0.2) is 23.2 Å². The van der Waals surface area contributed by atoms with Crippen LogP contribution in [0.25, 0.3) is 0 Å². The van der Waals surface area contributed by atoms with E-state index in [4.69, 9.17) is 4.74 Å². The molecule has 1 unspecified atom stereocenters. The molecular formula is C17H20F3N3O2. The number of nitrogens with zero attached hydrogens (tertiary/aromatic N) is 3. The lowest BCUT2D eigenvalue weighted by Crippen LogP contribution is -2.32. The van der Waals surface area contributed by atoms with Gasteiger partial charge in [-0.25, -0.2) is 0 Å². The summed E-state index contributed by atoms with van der Waals surface area (Å²) in [6.07, 6.45) is -3.64. The largest absolute Gasteiger partial charge is 0.458 e. The summed E-state index contributed by atoms with van der Waals surface area (Å²) in [7, 11) is 3.87. The third-order valence-electron chi connectivity index (χ3n) is 4.64. The molecule has 1 saturated heterocycles. The van der Waals surface area contributed by atoms with Crippen LogP contribution >= 0.6 is 0 Å². The van der Waals surface area contributed by atoms with Crippen LogP contribution in [0, 0.1) is 0 Å². The fourth-order valence-electron chi connectivity index (χ4n) is 3.18. The summed E-state index contributed by atoms with van der Waals surface area (Å²) in [6, 6.07) is 4.46. The lowest BCUT2D eigenvalue weighted by atomic mass is 10.0. The molecule has 0 aliphatic carbocycles. The number of carbonyl (C=O) groups is 1. The first kappa shape index (κ1) is 17.7. The minimum Gasteiger partial charge on any atom is -0.458 e. The van der Waals surface area contributed by atoms with Crippen LogP contribution in [-0.4, -0.2) is 63.0 Å². The van der Waals surface area contributed by atoms with Crippen molar-refractivity contribution in [3.05, 3.63) is 29.3 Å².